The minimum atomic E-state index is 0.496. The Balaban J connectivity index is 1.78. The zero-order valence-electron chi connectivity index (χ0n) is 12.9. The second kappa shape index (κ2) is 6.38. The molecule has 0 bridgehead atoms. The second-order valence-corrected chi connectivity index (χ2v) is 7.15. The maximum atomic E-state index is 6.36. The summed E-state index contributed by atoms with van der Waals surface area (Å²) in [5.74, 6) is 1.47. The number of benzene rings is 3. The average Bonchev–Trinajstić information content (AvgIpc) is 2.61. The minimum Gasteiger partial charge on any atom is -0.369 e. The molecule has 4 rings (SSSR count). The molecular weight excluding hydrogens is 338 g/mol. The van der Waals surface area contributed by atoms with E-state index in [4.69, 9.17) is 22.3 Å². The van der Waals surface area contributed by atoms with Gasteiger partial charge in [0.1, 0.15) is 0 Å². The first-order chi connectivity index (χ1) is 11.7. The molecule has 1 heterocycles. The Labute approximate surface area is 150 Å². The van der Waals surface area contributed by atoms with Crippen molar-refractivity contribution in [3.63, 3.8) is 0 Å². The Kier molecular flexibility index (Phi) is 4.08. The summed E-state index contributed by atoms with van der Waals surface area (Å²) in [6, 6.07) is 20.2. The predicted octanol–water partition coefficient (Wildman–Crippen LogP) is 5.05. The third kappa shape index (κ3) is 2.83. The van der Waals surface area contributed by atoms with Crippen molar-refractivity contribution >= 4 is 51.5 Å². The van der Waals surface area contributed by atoms with Gasteiger partial charge in [0.15, 0.2) is 0 Å². The van der Waals surface area contributed by atoms with E-state index >= 15 is 0 Å². The van der Waals surface area contributed by atoms with Crippen molar-refractivity contribution in [2.75, 3.05) is 17.2 Å². The number of aliphatic imine (C=N–C) groups is 1. The molecule has 0 atom stereocenters. The third-order valence-corrected chi connectivity index (χ3v) is 5.34. The standard InChI is InChI=1S/C19H16ClN3S/c20-14-8-9-18-17(12-14)23(10-11-24-18)19(21)22-16-7-3-5-13-4-1-2-6-15(13)16/h1-9,12H,10-11H2,(H2,21,22). The molecule has 3 aromatic rings. The van der Waals surface area contributed by atoms with Gasteiger partial charge in [0.05, 0.1) is 11.4 Å². The lowest BCUT2D eigenvalue weighted by Gasteiger charge is -2.30. The van der Waals surface area contributed by atoms with Crippen LogP contribution in [0.15, 0.2) is 70.6 Å². The molecule has 0 unspecified atom stereocenters. The predicted molar refractivity (Wildman–Crippen MR) is 105 cm³/mol. The van der Waals surface area contributed by atoms with E-state index in [1.54, 1.807) is 0 Å². The largest absolute Gasteiger partial charge is 0.369 e. The molecular formula is C19H16ClN3S. The highest BCUT2D eigenvalue weighted by Gasteiger charge is 2.20. The monoisotopic (exact) mass is 353 g/mol. The smallest absolute Gasteiger partial charge is 0.201 e. The number of hydrogen-bond donors (Lipinski definition) is 1. The van der Waals surface area contributed by atoms with Crippen molar-refractivity contribution in [2.24, 2.45) is 10.7 Å². The van der Waals surface area contributed by atoms with Gasteiger partial charge in [-0.25, -0.2) is 4.99 Å². The van der Waals surface area contributed by atoms with Crippen LogP contribution in [0.5, 0.6) is 0 Å². The number of nitrogens with two attached hydrogens (primary N) is 1. The van der Waals surface area contributed by atoms with E-state index in [1.165, 1.54) is 4.90 Å². The molecule has 3 aromatic carbocycles. The number of hydrogen-bond acceptors (Lipinski definition) is 2. The summed E-state index contributed by atoms with van der Waals surface area (Å²) in [6.07, 6.45) is 0. The van der Waals surface area contributed by atoms with Crippen LogP contribution < -0.4 is 10.6 Å². The first-order valence-electron chi connectivity index (χ1n) is 7.74. The number of nitrogens with zero attached hydrogens (tertiary/aromatic N) is 2. The summed E-state index contributed by atoms with van der Waals surface area (Å²) in [7, 11) is 0. The van der Waals surface area contributed by atoms with E-state index in [2.05, 4.69) is 18.2 Å². The fraction of sp³-hybridized carbons (Fsp3) is 0.105. The van der Waals surface area contributed by atoms with E-state index in [0.29, 0.717) is 11.0 Å². The highest BCUT2D eigenvalue weighted by Crippen LogP contribution is 2.37. The number of halogens is 1. The summed E-state index contributed by atoms with van der Waals surface area (Å²) < 4.78 is 0. The molecule has 0 saturated carbocycles. The summed E-state index contributed by atoms with van der Waals surface area (Å²) in [5, 5.41) is 2.96. The van der Waals surface area contributed by atoms with Crippen LogP contribution in [0.2, 0.25) is 5.02 Å². The zero-order chi connectivity index (χ0) is 16.5. The number of fused-ring (bicyclic) bond motifs is 2. The van der Waals surface area contributed by atoms with Gasteiger partial charge in [0.2, 0.25) is 5.96 Å². The highest BCUT2D eigenvalue weighted by atomic mass is 35.5. The fourth-order valence-electron chi connectivity index (χ4n) is 2.92. The first-order valence-corrected chi connectivity index (χ1v) is 9.10. The SMILES string of the molecule is NC(=Nc1cccc2ccccc12)N1CCSc2ccc(Cl)cc21. The maximum Gasteiger partial charge on any atom is 0.201 e. The van der Waals surface area contributed by atoms with Crippen molar-refractivity contribution in [2.45, 2.75) is 4.90 Å². The molecule has 0 aliphatic carbocycles. The van der Waals surface area contributed by atoms with Gasteiger partial charge in [-0.3, -0.25) is 0 Å². The lowest BCUT2D eigenvalue weighted by Crippen LogP contribution is -2.40. The van der Waals surface area contributed by atoms with E-state index in [1.807, 2.05) is 59.1 Å². The lowest BCUT2D eigenvalue weighted by molar-refractivity contribution is 1.01. The van der Waals surface area contributed by atoms with Gasteiger partial charge < -0.3 is 10.6 Å². The summed E-state index contributed by atoms with van der Waals surface area (Å²) in [5.41, 5.74) is 8.27. The van der Waals surface area contributed by atoms with Crippen LogP contribution in [-0.2, 0) is 0 Å². The quantitative estimate of drug-likeness (QED) is 0.491. The number of anilines is 1. The van der Waals surface area contributed by atoms with Crippen LogP contribution in [-0.4, -0.2) is 18.3 Å². The Bertz CT molecular complexity index is 934. The van der Waals surface area contributed by atoms with Gasteiger partial charge in [0, 0.05) is 27.6 Å². The molecule has 120 valence electrons. The lowest BCUT2D eigenvalue weighted by atomic mass is 10.1. The average molecular weight is 354 g/mol. The van der Waals surface area contributed by atoms with Crippen LogP contribution in [0.4, 0.5) is 11.4 Å². The topological polar surface area (TPSA) is 41.6 Å². The van der Waals surface area contributed by atoms with Crippen LogP contribution in [0.3, 0.4) is 0 Å². The first kappa shape index (κ1) is 15.4. The Morgan fingerprint density at radius 1 is 1.08 bits per heavy atom. The summed E-state index contributed by atoms with van der Waals surface area (Å²) in [4.78, 5) is 7.93. The molecule has 2 N–H and O–H groups in total. The fourth-order valence-corrected chi connectivity index (χ4v) is 4.06. The maximum absolute atomic E-state index is 6.36. The van der Waals surface area contributed by atoms with Crippen molar-refractivity contribution in [1.82, 2.24) is 0 Å². The van der Waals surface area contributed by atoms with Crippen LogP contribution in [0.1, 0.15) is 0 Å². The third-order valence-electron chi connectivity index (χ3n) is 4.06. The number of guanidine groups is 1. The van der Waals surface area contributed by atoms with Crippen LogP contribution in [0, 0.1) is 0 Å². The van der Waals surface area contributed by atoms with E-state index in [-0.39, 0.29) is 0 Å². The Morgan fingerprint density at radius 3 is 2.83 bits per heavy atom. The number of rotatable bonds is 1. The molecule has 0 radical (unpaired) electrons. The zero-order valence-corrected chi connectivity index (χ0v) is 14.5. The molecule has 24 heavy (non-hydrogen) atoms. The van der Waals surface area contributed by atoms with Gasteiger partial charge in [-0.1, -0.05) is 48.0 Å². The van der Waals surface area contributed by atoms with E-state index < -0.39 is 0 Å². The normalized spacial score (nSPS) is 14.7. The summed E-state index contributed by atoms with van der Waals surface area (Å²) in [6.45, 7) is 0.818. The highest BCUT2D eigenvalue weighted by molar-refractivity contribution is 7.99. The van der Waals surface area contributed by atoms with Gasteiger partial charge in [-0.05, 0) is 29.7 Å². The van der Waals surface area contributed by atoms with E-state index in [0.717, 1.165) is 34.4 Å². The molecule has 1 aliphatic heterocycles. The molecule has 0 aromatic heterocycles. The van der Waals surface area contributed by atoms with E-state index in [9.17, 15) is 0 Å². The molecule has 0 fully saturated rings. The van der Waals surface area contributed by atoms with Crippen molar-refractivity contribution in [1.29, 1.82) is 0 Å². The molecule has 3 nitrogen and oxygen atoms in total. The van der Waals surface area contributed by atoms with Crippen molar-refractivity contribution in [3.8, 4) is 0 Å². The Morgan fingerprint density at radius 2 is 1.92 bits per heavy atom. The molecule has 0 amide bonds. The molecule has 0 spiro atoms. The van der Waals surface area contributed by atoms with Crippen molar-refractivity contribution in [3.05, 3.63) is 65.7 Å². The van der Waals surface area contributed by atoms with Gasteiger partial charge in [-0.2, -0.15) is 0 Å². The minimum absolute atomic E-state index is 0.496. The summed E-state index contributed by atoms with van der Waals surface area (Å²) >= 11 is 7.98. The van der Waals surface area contributed by atoms with Crippen molar-refractivity contribution < 1.29 is 0 Å². The van der Waals surface area contributed by atoms with Crippen LogP contribution >= 0.6 is 23.4 Å². The molecule has 0 saturated heterocycles. The molecule has 5 heteroatoms. The second-order valence-electron chi connectivity index (χ2n) is 5.58. The van der Waals surface area contributed by atoms with Crippen LogP contribution in [0.25, 0.3) is 10.8 Å². The van der Waals surface area contributed by atoms with Gasteiger partial charge in [-0.15, -0.1) is 11.8 Å². The Hall–Kier alpha value is -2.17. The van der Waals surface area contributed by atoms with Gasteiger partial charge in [0.25, 0.3) is 0 Å². The number of thioether (sulfide) groups is 1. The molecule has 1 aliphatic rings. The van der Waals surface area contributed by atoms with Gasteiger partial charge >= 0.3 is 0 Å².